The lowest BCUT2D eigenvalue weighted by Gasteiger charge is -2.08. The third-order valence-corrected chi connectivity index (χ3v) is 3.67. The quantitative estimate of drug-likeness (QED) is 0.632. The largest absolute Gasteiger partial charge is 0.489 e. The minimum absolute atomic E-state index is 0.137. The Morgan fingerprint density at radius 2 is 2.26 bits per heavy atom. The van der Waals surface area contributed by atoms with Crippen molar-refractivity contribution >= 4 is 41.8 Å². The van der Waals surface area contributed by atoms with Crippen LogP contribution >= 0.6 is 22.9 Å². The van der Waals surface area contributed by atoms with Gasteiger partial charge >= 0.3 is 7.12 Å². The molecule has 1 aromatic heterocycles. The van der Waals surface area contributed by atoms with Crippen molar-refractivity contribution in [1.82, 2.24) is 4.98 Å². The number of carbonyl (C=O) groups is 1. The number of ether oxygens (including phenoxy) is 1. The first-order valence-corrected chi connectivity index (χ1v) is 6.53. The average molecular weight is 298 g/mol. The topological polar surface area (TPSA) is 79.7 Å². The Morgan fingerprint density at radius 1 is 1.47 bits per heavy atom. The molecule has 0 saturated heterocycles. The van der Waals surface area contributed by atoms with Gasteiger partial charge in [-0.25, -0.2) is 4.98 Å². The molecule has 2 rings (SSSR count). The molecule has 0 atom stereocenters. The third kappa shape index (κ3) is 3.33. The monoisotopic (exact) mass is 297 g/mol. The molecule has 1 aromatic carbocycles. The van der Waals surface area contributed by atoms with Gasteiger partial charge in [0.25, 0.3) is 0 Å². The SMILES string of the molecule is O=Cc1cc(OCc2scnc2Cl)ccc1B(O)O. The lowest BCUT2D eigenvalue weighted by molar-refractivity contribution is 0.112. The molecule has 0 bridgehead atoms. The van der Waals surface area contributed by atoms with E-state index in [9.17, 15) is 4.79 Å². The van der Waals surface area contributed by atoms with Crippen LogP contribution in [0.15, 0.2) is 23.7 Å². The molecule has 0 aliphatic carbocycles. The second-order valence-corrected chi connectivity index (χ2v) is 4.93. The second kappa shape index (κ2) is 6.16. The van der Waals surface area contributed by atoms with Crippen LogP contribution in [0.2, 0.25) is 5.15 Å². The van der Waals surface area contributed by atoms with Gasteiger partial charge in [-0.15, -0.1) is 11.3 Å². The number of halogens is 1. The molecule has 0 spiro atoms. The van der Waals surface area contributed by atoms with Crippen molar-refractivity contribution in [3.05, 3.63) is 39.3 Å². The van der Waals surface area contributed by atoms with E-state index in [4.69, 9.17) is 26.4 Å². The molecule has 98 valence electrons. The van der Waals surface area contributed by atoms with Crippen LogP contribution in [0.3, 0.4) is 0 Å². The number of aromatic nitrogens is 1. The second-order valence-electron chi connectivity index (χ2n) is 3.64. The predicted octanol–water partition coefficient (Wildman–Crippen LogP) is 0.868. The molecule has 5 nitrogen and oxygen atoms in total. The molecule has 2 aromatic rings. The maximum absolute atomic E-state index is 10.9. The molecule has 0 unspecified atom stereocenters. The van der Waals surface area contributed by atoms with Gasteiger partial charge in [-0.2, -0.15) is 0 Å². The van der Waals surface area contributed by atoms with Crippen LogP contribution in [-0.2, 0) is 6.61 Å². The Kier molecular flexibility index (Phi) is 4.54. The molecule has 0 radical (unpaired) electrons. The number of thiazole rings is 1. The molecule has 0 saturated carbocycles. The fourth-order valence-electron chi connectivity index (χ4n) is 1.48. The van der Waals surface area contributed by atoms with E-state index in [1.54, 1.807) is 11.6 Å². The third-order valence-electron chi connectivity index (χ3n) is 2.42. The maximum Gasteiger partial charge on any atom is 0.489 e. The molecule has 8 heteroatoms. The Labute approximate surface area is 118 Å². The van der Waals surface area contributed by atoms with E-state index in [1.807, 2.05) is 0 Å². The Bertz CT molecular complexity index is 590. The van der Waals surface area contributed by atoms with Crippen molar-refractivity contribution in [2.24, 2.45) is 0 Å². The van der Waals surface area contributed by atoms with E-state index in [0.29, 0.717) is 17.2 Å². The summed E-state index contributed by atoms with van der Waals surface area (Å²) in [4.78, 5) is 15.5. The van der Waals surface area contributed by atoms with E-state index in [1.165, 1.54) is 23.5 Å². The minimum atomic E-state index is -1.69. The number of benzene rings is 1. The molecule has 1 heterocycles. The zero-order chi connectivity index (χ0) is 13.8. The van der Waals surface area contributed by atoms with Crippen molar-refractivity contribution in [1.29, 1.82) is 0 Å². The van der Waals surface area contributed by atoms with Crippen molar-refractivity contribution in [2.45, 2.75) is 6.61 Å². The van der Waals surface area contributed by atoms with Crippen LogP contribution in [0.25, 0.3) is 0 Å². The first-order valence-electron chi connectivity index (χ1n) is 5.27. The molecule has 0 aliphatic heterocycles. The number of hydrogen-bond donors (Lipinski definition) is 2. The summed E-state index contributed by atoms with van der Waals surface area (Å²) in [5.74, 6) is 0.441. The summed E-state index contributed by atoms with van der Waals surface area (Å²) >= 11 is 7.20. The van der Waals surface area contributed by atoms with Crippen molar-refractivity contribution < 1.29 is 19.6 Å². The molecule has 0 fully saturated rings. The summed E-state index contributed by atoms with van der Waals surface area (Å²) in [7, 11) is -1.69. The molecule has 19 heavy (non-hydrogen) atoms. The Balaban J connectivity index is 2.13. The Morgan fingerprint density at radius 3 is 2.84 bits per heavy atom. The highest BCUT2D eigenvalue weighted by atomic mass is 35.5. The van der Waals surface area contributed by atoms with Crippen LogP contribution in [0.5, 0.6) is 5.75 Å². The zero-order valence-corrected chi connectivity index (χ0v) is 11.2. The summed E-state index contributed by atoms with van der Waals surface area (Å²) in [6.45, 7) is 0.239. The van der Waals surface area contributed by atoms with Crippen molar-refractivity contribution in [3.63, 3.8) is 0 Å². The van der Waals surface area contributed by atoms with Crippen LogP contribution in [0.1, 0.15) is 15.2 Å². The van der Waals surface area contributed by atoms with Gasteiger partial charge in [0.05, 0.1) is 10.4 Å². The smallest absolute Gasteiger partial charge is 0.488 e. The first kappa shape index (κ1) is 14.0. The normalized spacial score (nSPS) is 10.3. The van der Waals surface area contributed by atoms with Crippen molar-refractivity contribution in [2.75, 3.05) is 0 Å². The highest BCUT2D eigenvalue weighted by Gasteiger charge is 2.16. The van der Waals surface area contributed by atoms with Gasteiger partial charge in [-0.3, -0.25) is 4.79 Å². The van der Waals surface area contributed by atoms with Gasteiger partial charge in [0.2, 0.25) is 0 Å². The summed E-state index contributed by atoms with van der Waals surface area (Å²) in [6.07, 6.45) is 0.543. The number of carbonyl (C=O) groups excluding carboxylic acids is 1. The molecule has 0 amide bonds. The lowest BCUT2D eigenvalue weighted by atomic mass is 9.77. The first-order chi connectivity index (χ1) is 9.11. The summed E-state index contributed by atoms with van der Waals surface area (Å²) in [5.41, 5.74) is 1.92. The van der Waals surface area contributed by atoms with E-state index < -0.39 is 7.12 Å². The van der Waals surface area contributed by atoms with E-state index >= 15 is 0 Å². The lowest BCUT2D eigenvalue weighted by Crippen LogP contribution is -2.32. The van der Waals surface area contributed by atoms with Gasteiger partial charge in [0, 0.05) is 5.56 Å². The summed E-state index contributed by atoms with van der Waals surface area (Å²) in [5, 5.41) is 18.5. The highest BCUT2D eigenvalue weighted by molar-refractivity contribution is 7.10. The van der Waals surface area contributed by atoms with Gasteiger partial charge in [0.1, 0.15) is 23.8 Å². The van der Waals surface area contributed by atoms with Crippen LogP contribution < -0.4 is 10.2 Å². The molecule has 0 aliphatic rings. The van der Waals surface area contributed by atoms with Crippen molar-refractivity contribution in [3.8, 4) is 5.75 Å². The fourth-order valence-corrected chi connectivity index (χ4v) is 2.34. The van der Waals surface area contributed by atoms with E-state index in [2.05, 4.69) is 4.98 Å². The fraction of sp³-hybridized carbons (Fsp3) is 0.0909. The van der Waals surface area contributed by atoms with Gasteiger partial charge in [0.15, 0.2) is 0 Å². The van der Waals surface area contributed by atoms with Gasteiger partial charge in [-0.1, -0.05) is 17.7 Å². The zero-order valence-electron chi connectivity index (χ0n) is 9.62. The summed E-state index contributed by atoms with van der Waals surface area (Å²) < 4.78 is 5.47. The maximum atomic E-state index is 10.9. The number of nitrogens with zero attached hydrogens (tertiary/aromatic N) is 1. The highest BCUT2D eigenvalue weighted by Crippen LogP contribution is 2.21. The number of aldehydes is 1. The van der Waals surface area contributed by atoms with E-state index in [-0.39, 0.29) is 17.6 Å². The van der Waals surface area contributed by atoms with E-state index in [0.717, 1.165) is 4.88 Å². The molecule has 2 N–H and O–H groups in total. The minimum Gasteiger partial charge on any atom is -0.488 e. The van der Waals surface area contributed by atoms with Crippen LogP contribution in [-0.4, -0.2) is 28.4 Å². The predicted molar refractivity (Wildman–Crippen MR) is 73.1 cm³/mol. The number of hydrogen-bond acceptors (Lipinski definition) is 6. The molecular weight excluding hydrogens is 288 g/mol. The van der Waals surface area contributed by atoms with Crippen LogP contribution in [0.4, 0.5) is 0 Å². The van der Waals surface area contributed by atoms with Crippen LogP contribution in [0, 0.1) is 0 Å². The summed E-state index contributed by atoms with van der Waals surface area (Å²) in [6, 6.07) is 4.42. The standard InChI is InChI=1S/C11H9BClNO4S/c13-11-10(19-6-14-11)5-18-8-1-2-9(12(16)17)7(3-8)4-15/h1-4,6,16-17H,5H2. The van der Waals surface area contributed by atoms with Gasteiger partial charge < -0.3 is 14.8 Å². The average Bonchev–Trinajstić information content (AvgIpc) is 2.81. The Hall–Kier alpha value is -1.41. The van der Waals surface area contributed by atoms with Gasteiger partial charge in [-0.05, 0) is 17.6 Å². The molecular formula is C11H9BClNO4S. The number of rotatable bonds is 5.